The molecule has 1 saturated heterocycles. The average molecular weight is 240 g/mol. The molecule has 0 aromatic rings. The van der Waals surface area contributed by atoms with E-state index in [9.17, 15) is 4.79 Å². The summed E-state index contributed by atoms with van der Waals surface area (Å²) in [4.78, 5) is 10.9. The topological polar surface area (TPSA) is 55.8 Å². The molecule has 0 aliphatic carbocycles. The molecule has 1 aliphatic rings. The molecule has 0 radical (unpaired) electrons. The molecule has 0 aromatic carbocycles. The van der Waals surface area contributed by atoms with Crippen molar-refractivity contribution in [1.29, 1.82) is 0 Å². The van der Waals surface area contributed by atoms with Gasteiger partial charge in [-0.05, 0) is 41.5 Å². The number of hydrogen-bond donors (Lipinski definition) is 1. The van der Waals surface area contributed by atoms with Crippen LogP contribution < -0.4 is 0 Å². The summed E-state index contributed by atoms with van der Waals surface area (Å²) in [6.45, 7) is 11.1. The van der Waals surface area contributed by atoms with Crippen LogP contribution in [0.25, 0.3) is 0 Å². The molecule has 0 aromatic heterocycles. The molecular weight excluding hydrogens is 219 g/mol. The van der Waals surface area contributed by atoms with E-state index in [0.717, 1.165) is 0 Å². The number of rotatable bonds is 3. The minimum Gasteiger partial charge on any atom is -0.481 e. The SMILES string of the molecule is CC(C)(/C=C/B1OC(C)(C)C(C)(C)O1)C(=O)O. The number of carboxylic acid groups (broad SMARTS) is 1. The van der Waals surface area contributed by atoms with E-state index in [-0.39, 0.29) is 0 Å². The standard InChI is InChI=1S/C12H21BO4/c1-10(2,9(14)15)7-8-13-16-11(3,4)12(5,6)17-13/h7-8H,1-6H3,(H,14,15)/b8-7+. The van der Waals surface area contributed by atoms with Crippen molar-refractivity contribution in [3.63, 3.8) is 0 Å². The van der Waals surface area contributed by atoms with Gasteiger partial charge in [0.25, 0.3) is 0 Å². The Morgan fingerprint density at radius 2 is 1.59 bits per heavy atom. The molecule has 1 fully saturated rings. The van der Waals surface area contributed by atoms with Crippen molar-refractivity contribution in [1.82, 2.24) is 0 Å². The van der Waals surface area contributed by atoms with Gasteiger partial charge in [-0.3, -0.25) is 4.79 Å². The van der Waals surface area contributed by atoms with E-state index >= 15 is 0 Å². The van der Waals surface area contributed by atoms with Crippen LogP contribution in [0.15, 0.2) is 12.1 Å². The lowest BCUT2D eigenvalue weighted by Crippen LogP contribution is -2.41. The Labute approximate surface area is 103 Å². The minimum atomic E-state index is -0.913. The van der Waals surface area contributed by atoms with Crippen LogP contribution in [0, 0.1) is 5.41 Å². The molecule has 1 heterocycles. The Bertz CT molecular complexity index is 328. The van der Waals surface area contributed by atoms with Crippen LogP contribution in [-0.2, 0) is 14.1 Å². The number of aliphatic carboxylic acids is 1. The first-order valence-corrected chi connectivity index (χ1v) is 5.76. The Morgan fingerprint density at radius 3 is 1.94 bits per heavy atom. The molecule has 1 aliphatic heterocycles. The fourth-order valence-corrected chi connectivity index (χ4v) is 1.36. The molecular formula is C12H21BO4. The molecule has 1 N–H and O–H groups in total. The van der Waals surface area contributed by atoms with E-state index in [2.05, 4.69) is 0 Å². The van der Waals surface area contributed by atoms with Crippen molar-refractivity contribution in [3.05, 3.63) is 12.1 Å². The predicted octanol–water partition coefficient (Wildman–Crippen LogP) is 2.28. The quantitative estimate of drug-likeness (QED) is 0.769. The normalized spacial score (nSPS) is 23.3. The molecule has 1 rings (SSSR count). The zero-order valence-corrected chi connectivity index (χ0v) is 11.4. The highest BCUT2D eigenvalue weighted by Gasteiger charge is 2.50. The van der Waals surface area contributed by atoms with Gasteiger partial charge in [0.2, 0.25) is 0 Å². The summed E-state index contributed by atoms with van der Waals surface area (Å²) in [6, 6.07) is 0. The van der Waals surface area contributed by atoms with Crippen molar-refractivity contribution in [3.8, 4) is 0 Å². The first kappa shape index (κ1) is 14.3. The van der Waals surface area contributed by atoms with E-state index in [0.29, 0.717) is 0 Å². The Morgan fingerprint density at radius 1 is 1.18 bits per heavy atom. The molecule has 0 unspecified atom stereocenters. The lowest BCUT2D eigenvalue weighted by atomic mass is 9.83. The van der Waals surface area contributed by atoms with Gasteiger partial charge in [0, 0.05) is 0 Å². The highest BCUT2D eigenvalue weighted by atomic mass is 16.7. The van der Waals surface area contributed by atoms with E-state index in [1.807, 2.05) is 27.7 Å². The molecule has 0 bridgehead atoms. The molecule has 17 heavy (non-hydrogen) atoms. The summed E-state index contributed by atoms with van der Waals surface area (Å²) in [5.41, 5.74) is -1.70. The van der Waals surface area contributed by atoms with Crippen molar-refractivity contribution < 1.29 is 19.2 Å². The zero-order chi connectivity index (χ0) is 13.5. The van der Waals surface area contributed by atoms with Crippen LogP contribution in [0.3, 0.4) is 0 Å². The Hall–Kier alpha value is -0.805. The second-order valence-electron chi connectivity index (χ2n) is 6.01. The summed E-state index contributed by atoms with van der Waals surface area (Å²) < 4.78 is 11.5. The number of carbonyl (C=O) groups is 1. The van der Waals surface area contributed by atoms with Crippen LogP contribution in [-0.4, -0.2) is 29.4 Å². The van der Waals surface area contributed by atoms with Crippen LogP contribution in [0.1, 0.15) is 41.5 Å². The summed E-state index contributed by atoms with van der Waals surface area (Å²) in [7, 11) is -0.487. The zero-order valence-electron chi connectivity index (χ0n) is 11.4. The van der Waals surface area contributed by atoms with Gasteiger partial charge in [-0.2, -0.15) is 0 Å². The van der Waals surface area contributed by atoms with Crippen LogP contribution >= 0.6 is 0 Å². The maximum atomic E-state index is 10.9. The molecule has 5 heteroatoms. The van der Waals surface area contributed by atoms with Crippen molar-refractivity contribution in [2.75, 3.05) is 0 Å². The van der Waals surface area contributed by atoms with Crippen molar-refractivity contribution in [2.24, 2.45) is 5.41 Å². The predicted molar refractivity (Wildman–Crippen MR) is 66.6 cm³/mol. The van der Waals surface area contributed by atoms with Gasteiger partial charge in [0.05, 0.1) is 16.6 Å². The summed E-state index contributed by atoms with van der Waals surface area (Å²) >= 11 is 0. The monoisotopic (exact) mass is 240 g/mol. The molecule has 0 atom stereocenters. The van der Waals surface area contributed by atoms with Gasteiger partial charge < -0.3 is 14.4 Å². The van der Waals surface area contributed by atoms with E-state index in [1.165, 1.54) is 0 Å². The van der Waals surface area contributed by atoms with Gasteiger partial charge >= 0.3 is 13.1 Å². The lowest BCUT2D eigenvalue weighted by Gasteiger charge is -2.32. The Balaban J connectivity index is 2.75. The molecule has 0 amide bonds. The third-order valence-corrected chi connectivity index (χ3v) is 3.49. The largest absolute Gasteiger partial charge is 0.486 e. The van der Waals surface area contributed by atoms with Gasteiger partial charge in [0.1, 0.15) is 0 Å². The third-order valence-electron chi connectivity index (χ3n) is 3.49. The molecule has 0 spiro atoms. The first-order valence-electron chi connectivity index (χ1n) is 5.76. The van der Waals surface area contributed by atoms with Crippen LogP contribution in [0.4, 0.5) is 0 Å². The minimum absolute atomic E-state index is 0.393. The summed E-state index contributed by atoms with van der Waals surface area (Å²) in [6.07, 6.45) is 1.61. The highest BCUT2D eigenvalue weighted by Crippen LogP contribution is 2.37. The van der Waals surface area contributed by atoms with Crippen molar-refractivity contribution >= 4 is 13.1 Å². The smallest absolute Gasteiger partial charge is 0.481 e. The first-order chi connectivity index (χ1) is 7.48. The van der Waals surface area contributed by atoms with Gasteiger partial charge in [0.15, 0.2) is 0 Å². The average Bonchev–Trinajstić information content (AvgIpc) is 2.32. The van der Waals surface area contributed by atoms with E-state index < -0.39 is 29.7 Å². The third kappa shape index (κ3) is 2.90. The van der Waals surface area contributed by atoms with Gasteiger partial charge in [-0.15, -0.1) is 0 Å². The Kier molecular flexibility index (Phi) is 3.47. The maximum absolute atomic E-state index is 10.9. The van der Waals surface area contributed by atoms with E-state index in [1.54, 1.807) is 25.9 Å². The second-order valence-corrected chi connectivity index (χ2v) is 6.01. The fourth-order valence-electron chi connectivity index (χ4n) is 1.36. The summed E-state index contributed by atoms with van der Waals surface area (Å²) in [5, 5.41) is 8.99. The van der Waals surface area contributed by atoms with Crippen LogP contribution in [0.5, 0.6) is 0 Å². The van der Waals surface area contributed by atoms with Gasteiger partial charge in [-0.25, -0.2) is 0 Å². The summed E-state index contributed by atoms with van der Waals surface area (Å²) in [5.74, 6) is 0.801. The fraction of sp³-hybridized carbons (Fsp3) is 0.750. The van der Waals surface area contributed by atoms with Crippen molar-refractivity contribution in [2.45, 2.75) is 52.7 Å². The number of carboxylic acids is 1. The number of hydrogen-bond acceptors (Lipinski definition) is 3. The second kappa shape index (κ2) is 4.14. The van der Waals surface area contributed by atoms with Crippen LogP contribution in [0.2, 0.25) is 0 Å². The van der Waals surface area contributed by atoms with Gasteiger partial charge in [-0.1, -0.05) is 12.1 Å². The molecule has 0 saturated carbocycles. The lowest BCUT2D eigenvalue weighted by molar-refractivity contribution is -0.144. The molecule has 96 valence electrons. The molecule has 4 nitrogen and oxygen atoms in total. The van der Waals surface area contributed by atoms with E-state index in [4.69, 9.17) is 14.4 Å². The maximum Gasteiger partial charge on any atom is 0.486 e. The highest BCUT2D eigenvalue weighted by molar-refractivity contribution is 6.51.